The fourth-order valence-corrected chi connectivity index (χ4v) is 5.22. The lowest BCUT2D eigenvalue weighted by atomic mass is 9.69. The van der Waals surface area contributed by atoms with Gasteiger partial charge in [-0.3, -0.25) is 0 Å². The average molecular weight is 362 g/mol. The summed E-state index contributed by atoms with van der Waals surface area (Å²) in [5.74, 6) is -0.264. The van der Waals surface area contributed by atoms with E-state index in [4.69, 9.17) is 14.6 Å². The largest absolute Gasteiger partial charge is 0.478 e. The summed E-state index contributed by atoms with van der Waals surface area (Å²) in [6, 6.07) is 4.62. The van der Waals surface area contributed by atoms with Gasteiger partial charge >= 0.3 is 5.97 Å². The standard InChI is InChI=1S/C21H27FO4/c22-19-13-17(5-6-18(19)20(23)24)15-3-1-14(2-4-15)16-7-9-21(10-8-16)25-11-12-26-21/h5-6,13-16H,1-4,7-12H2,(H,23,24). The zero-order chi connectivity index (χ0) is 18.1. The van der Waals surface area contributed by atoms with Crippen molar-refractivity contribution in [2.75, 3.05) is 13.2 Å². The van der Waals surface area contributed by atoms with E-state index in [-0.39, 0.29) is 11.4 Å². The number of halogens is 1. The molecule has 3 fully saturated rings. The molecule has 0 bridgehead atoms. The van der Waals surface area contributed by atoms with Crippen molar-refractivity contribution in [3.05, 3.63) is 35.1 Å². The van der Waals surface area contributed by atoms with E-state index in [1.54, 1.807) is 6.07 Å². The minimum absolute atomic E-state index is 0.241. The Morgan fingerprint density at radius 2 is 1.62 bits per heavy atom. The van der Waals surface area contributed by atoms with Gasteiger partial charge in [-0.2, -0.15) is 0 Å². The summed E-state index contributed by atoms with van der Waals surface area (Å²) in [5.41, 5.74) is 0.705. The number of hydrogen-bond acceptors (Lipinski definition) is 3. The smallest absolute Gasteiger partial charge is 0.338 e. The first-order chi connectivity index (χ1) is 12.6. The minimum Gasteiger partial charge on any atom is -0.478 e. The zero-order valence-corrected chi connectivity index (χ0v) is 15.1. The first-order valence-electron chi connectivity index (χ1n) is 9.87. The Bertz CT molecular complexity index is 650. The summed E-state index contributed by atoms with van der Waals surface area (Å²) in [6.45, 7) is 1.46. The van der Waals surface area contributed by atoms with Gasteiger partial charge in [0.2, 0.25) is 0 Å². The Morgan fingerprint density at radius 1 is 1.00 bits per heavy atom. The molecule has 3 aliphatic rings. The molecule has 0 amide bonds. The summed E-state index contributed by atoms with van der Waals surface area (Å²) >= 11 is 0. The molecule has 1 N–H and O–H groups in total. The maximum atomic E-state index is 14.0. The Balaban J connectivity index is 1.32. The SMILES string of the molecule is O=C(O)c1ccc(C2CCC(C3CCC4(CC3)OCCO4)CC2)cc1F. The van der Waals surface area contributed by atoms with Crippen LogP contribution >= 0.6 is 0 Å². The van der Waals surface area contributed by atoms with Gasteiger partial charge in [-0.25, -0.2) is 9.18 Å². The molecule has 1 saturated heterocycles. The Kier molecular flexibility index (Phi) is 5.02. The van der Waals surface area contributed by atoms with Gasteiger partial charge in [0.1, 0.15) is 5.82 Å². The highest BCUT2D eigenvalue weighted by molar-refractivity contribution is 5.87. The number of aromatic carboxylic acids is 1. The van der Waals surface area contributed by atoms with Gasteiger partial charge in [0.15, 0.2) is 5.79 Å². The summed E-state index contributed by atoms with van der Waals surface area (Å²) < 4.78 is 25.6. The Morgan fingerprint density at radius 3 is 2.19 bits per heavy atom. The lowest BCUT2D eigenvalue weighted by Gasteiger charge is -2.41. The van der Waals surface area contributed by atoms with Crippen LogP contribution in [0.5, 0.6) is 0 Å². The lowest BCUT2D eigenvalue weighted by Crippen LogP contribution is -2.37. The third-order valence-electron chi connectivity index (χ3n) is 6.74. The fourth-order valence-electron chi connectivity index (χ4n) is 5.22. The van der Waals surface area contributed by atoms with Crippen molar-refractivity contribution in [3.8, 4) is 0 Å². The predicted octanol–water partition coefficient (Wildman–Crippen LogP) is 4.73. The van der Waals surface area contributed by atoms with Crippen LogP contribution in [-0.2, 0) is 9.47 Å². The van der Waals surface area contributed by atoms with Gasteiger partial charge in [0.25, 0.3) is 0 Å². The molecule has 1 aromatic rings. The molecule has 5 heteroatoms. The monoisotopic (exact) mass is 362 g/mol. The number of carboxylic acids is 1. The average Bonchev–Trinajstić information content (AvgIpc) is 3.10. The zero-order valence-electron chi connectivity index (χ0n) is 15.1. The van der Waals surface area contributed by atoms with Crippen LogP contribution in [0.25, 0.3) is 0 Å². The second kappa shape index (κ2) is 7.28. The molecule has 26 heavy (non-hydrogen) atoms. The molecule has 1 heterocycles. The number of carboxylic acid groups (broad SMARTS) is 1. The highest BCUT2D eigenvalue weighted by Gasteiger charge is 2.42. The van der Waals surface area contributed by atoms with E-state index >= 15 is 0 Å². The molecule has 4 nitrogen and oxygen atoms in total. The minimum atomic E-state index is -1.21. The predicted molar refractivity (Wildman–Crippen MR) is 94.7 cm³/mol. The van der Waals surface area contributed by atoms with Crippen LogP contribution in [0.1, 0.15) is 73.2 Å². The molecule has 0 radical (unpaired) electrons. The van der Waals surface area contributed by atoms with E-state index in [0.29, 0.717) is 5.92 Å². The van der Waals surface area contributed by atoms with E-state index in [1.165, 1.54) is 37.8 Å². The highest BCUT2D eigenvalue weighted by atomic mass is 19.1. The summed E-state index contributed by atoms with van der Waals surface area (Å²) in [5, 5.41) is 8.96. The van der Waals surface area contributed by atoms with Gasteiger partial charge in [-0.15, -0.1) is 0 Å². The number of carbonyl (C=O) groups is 1. The molecule has 1 spiro atoms. The number of rotatable bonds is 3. The van der Waals surface area contributed by atoms with E-state index in [9.17, 15) is 9.18 Å². The Hall–Kier alpha value is -1.46. The first-order valence-corrected chi connectivity index (χ1v) is 9.87. The molecule has 1 aromatic carbocycles. The van der Waals surface area contributed by atoms with E-state index in [0.717, 1.165) is 56.3 Å². The van der Waals surface area contributed by atoms with Gasteiger partial charge in [-0.05, 0) is 74.0 Å². The van der Waals surface area contributed by atoms with Crippen molar-refractivity contribution >= 4 is 5.97 Å². The van der Waals surface area contributed by atoms with Crippen molar-refractivity contribution < 1.29 is 23.8 Å². The van der Waals surface area contributed by atoms with Gasteiger partial charge in [0, 0.05) is 12.8 Å². The second-order valence-electron chi connectivity index (χ2n) is 8.10. The second-order valence-corrected chi connectivity index (χ2v) is 8.10. The molecule has 0 unspecified atom stereocenters. The molecule has 0 aromatic heterocycles. The van der Waals surface area contributed by atoms with E-state index < -0.39 is 11.8 Å². The Labute approximate surface area is 153 Å². The molecule has 2 aliphatic carbocycles. The van der Waals surface area contributed by atoms with E-state index in [1.807, 2.05) is 0 Å². The first kappa shape index (κ1) is 17.9. The van der Waals surface area contributed by atoms with Gasteiger partial charge < -0.3 is 14.6 Å². The maximum Gasteiger partial charge on any atom is 0.338 e. The van der Waals surface area contributed by atoms with Gasteiger partial charge in [-0.1, -0.05) is 6.07 Å². The lowest BCUT2D eigenvalue weighted by molar-refractivity contribution is -0.185. The van der Waals surface area contributed by atoms with Crippen molar-refractivity contribution in [2.24, 2.45) is 11.8 Å². The van der Waals surface area contributed by atoms with E-state index in [2.05, 4.69) is 0 Å². The normalized spacial score (nSPS) is 29.1. The molecular formula is C21H27FO4. The summed E-state index contributed by atoms with van der Waals surface area (Å²) in [6.07, 6.45) is 8.85. The van der Waals surface area contributed by atoms with Crippen molar-refractivity contribution in [2.45, 2.75) is 63.1 Å². The molecule has 1 aliphatic heterocycles. The topological polar surface area (TPSA) is 55.8 Å². The van der Waals surface area contributed by atoms with Crippen LogP contribution in [0.3, 0.4) is 0 Å². The highest BCUT2D eigenvalue weighted by Crippen LogP contribution is 2.46. The summed E-state index contributed by atoms with van der Waals surface area (Å²) in [4.78, 5) is 11.0. The van der Waals surface area contributed by atoms with Crippen molar-refractivity contribution in [3.63, 3.8) is 0 Å². The molecule has 142 valence electrons. The van der Waals surface area contributed by atoms with Crippen molar-refractivity contribution in [1.82, 2.24) is 0 Å². The van der Waals surface area contributed by atoms with Crippen LogP contribution in [0.15, 0.2) is 18.2 Å². The number of hydrogen-bond donors (Lipinski definition) is 1. The quantitative estimate of drug-likeness (QED) is 0.844. The third kappa shape index (κ3) is 3.52. The number of ether oxygens (including phenoxy) is 2. The maximum absolute atomic E-state index is 14.0. The molecule has 4 rings (SSSR count). The summed E-state index contributed by atoms with van der Waals surface area (Å²) in [7, 11) is 0. The van der Waals surface area contributed by atoms with Crippen molar-refractivity contribution in [1.29, 1.82) is 0 Å². The van der Waals surface area contributed by atoms with Gasteiger partial charge in [0.05, 0.1) is 18.8 Å². The third-order valence-corrected chi connectivity index (χ3v) is 6.74. The molecular weight excluding hydrogens is 335 g/mol. The molecule has 2 saturated carbocycles. The van der Waals surface area contributed by atoms with Crippen LogP contribution < -0.4 is 0 Å². The van der Waals surface area contributed by atoms with Crippen LogP contribution in [0.4, 0.5) is 4.39 Å². The van der Waals surface area contributed by atoms with Crippen LogP contribution in [0.2, 0.25) is 0 Å². The fraction of sp³-hybridized carbons (Fsp3) is 0.667. The molecule has 0 atom stereocenters. The van der Waals surface area contributed by atoms with Crippen LogP contribution in [0, 0.1) is 17.7 Å². The van der Waals surface area contributed by atoms with Crippen LogP contribution in [-0.4, -0.2) is 30.1 Å². The number of benzene rings is 1.